The predicted octanol–water partition coefficient (Wildman–Crippen LogP) is 2.66. The van der Waals surface area contributed by atoms with E-state index in [-0.39, 0.29) is 5.41 Å². The van der Waals surface area contributed by atoms with Gasteiger partial charge in [-0.15, -0.1) is 10.2 Å². The number of aromatic nitrogens is 4. The molecule has 0 aliphatic rings. The molecule has 0 amide bonds. The molecule has 102 valence electrons. The minimum Gasteiger partial charge on any atom is -0.416 e. The van der Waals surface area contributed by atoms with Crippen LogP contribution < -0.4 is 5.32 Å². The van der Waals surface area contributed by atoms with E-state index < -0.39 is 0 Å². The van der Waals surface area contributed by atoms with Gasteiger partial charge in [0.2, 0.25) is 5.89 Å². The molecule has 2 aromatic rings. The van der Waals surface area contributed by atoms with Crippen LogP contribution in [0.15, 0.2) is 20.7 Å². The zero-order valence-electron chi connectivity index (χ0n) is 11.7. The lowest BCUT2D eigenvalue weighted by molar-refractivity contribution is 0.429. The fourth-order valence-corrected chi connectivity index (χ4v) is 2.08. The van der Waals surface area contributed by atoms with E-state index in [0.29, 0.717) is 11.1 Å². The molecule has 2 heterocycles. The van der Waals surface area contributed by atoms with E-state index in [0.717, 1.165) is 16.7 Å². The number of anilines is 1. The van der Waals surface area contributed by atoms with Gasteiger partial charge in [-0.25, -0.2) is 9.97 Å². The fraction of sp³-hybridized carbons (Fsp3) is 0.500. The number of rotatable bonds is 3. The Balaban J connectivity index is 2.34. The van der Waals surface area contributed by atoms with Gasteiger partial charge in [0.1, 0.15) is 16.7 Å². The average molecular weight is 279 g/mol. The Labute approximate surface area is 116 Å². The van der Waals surface area contributed by atoms with Gasteiger partial charge in [0.25, 0.3) is 5.22 Å². The lowest BCUT2D eigenvalue weighted by Crippen LogP contribution is -2.17. The van der Waals surface area contributed by atoms with E-state index >= 15 is 0 Å². The Morgan fingerprint density at radius 2 is 1.95 bits per heavy atom. The summed E-state index contributed by atoms with van der Waals surface area (Å²) in [5.74, 6) is 2.10. The van der Waals surface area contributed by atoms with Gasteiger partial charge in [0.15, 0.2) is 0 Å². The maximum atomic E-state index is 5.35. The molecule has 0 aliphatic heterocycles. The summed E-state index contributed by atoms with van der Waals surface area (Å²) in [7, 11) is 1.83. The molecule has 0 aromatic carbocycles. The van der Waals surface area contributed by atoms with Crippen molar-refractivity contribution in [2.24, 2.45) is 0 Å². The lowest BCUT2D eigenvalue weighted by atomic mass is 9.96. The van der Waals surface area contributed by atoms with Crippen LogP contribution in [0.3, 0.4) is 0 Å². The van der Waals surface area contributed by atoms with Crippen molar-refractivity contribution in [1.29, 1.82) is 0 Å². The van der Waals surface area contributed by atoms with Crippen LogP contribution in [0.25, 0.3) is 0 Å². The van der Waals surface area contributed by atoms with Gasteiger partial charge in [0.05, 0.1) is 0 Å². The SMILES string of the molecule is CNc1cc(Sc2nnc(C)o2)nc(C(C)(C)C)n1. The molecule has 0 fully saturated rings. The monoisotopic (exact) mass is 279 g/mol. The van der Waals surface area contributed by atoms with Crippen molar-refractivity contribution < 1.29 is 4.42 Å². The molecular formula is C12H17N5OS. The van der Waals surface area contributed by atoms with Crippen LogP contribution in [0.2, 0.25) is 0 Å². The van der Waals surface area contributed by atoms with E-state index in [2.05, 4.69) is 46.3 Å². The van der Waals surface area contributed by atoms with Gasteiger partial charge < -0.3 is 9.73 Å². The van der Waals surface area contributed by atoms with Crippen molar-refractivity contribution in [3.8, 4) is 0 Å². The van der Waals surface area contributed by atoms with Crippen LogP contribution in [-0.4, -0.2) is 27.2 Å². The number of nitrogens with zero attached hydrogens (tertiary/aromatic N) is 4. The normalized spacial score (nSPS) is 11.6. The molecule has 6 nitrogen and oxygen atoms in total. The summed E-state index contributed by atoms with van der Waals surface area (Å²) >= 11 is 1.34. The summed E-state index contributed by atoms with van der Waals surface area (Å²) in [5, 5.41) is 12.1. The van der Waals surface area contributed by atoms with Crippen LogP contribution in [0.5, 0.6) is 0 Å². The average Bonchev–Trinajstić information content (AvgIpc) is 2.73. The second-order valence-corrected chi connectivity index (χ2v) is 6.08. The Hall–Kier alpha value is -1.63. The van der Waals surface area contributed by atoms with Crippen LogP contribution in [0.1, 0.15) is 32.5 Å². The zero-order valence-corrected chi connectivity index (χ0v) is 12.5. The first-order chi connectivity index (χ1) is 8.88. The Morgan fingerprint density at radius 3 is 2.47 bits per heavy atom. The zero-order chi connectivity index (χ0) is 14.0. The Morgan fingerprint density at radius 1 is 1.21 bits per heavy atom. The van der Waals surface area contributed by atoms with Gasteiger partial charge in [0, 0.05) is 25.5 Å². The standard InChI is InChI=1S/C12H17N5OS/c1-7-16-17-11(18-7)19-9-6-8(13-5)14-10(15-9)12(2,3)4/h6H,1-5H3,(H,13,14,15). The lowest BCUT2D eigenvalue weighted by Gasteiger charge is -2.17. The molecule has 2 rings (SSSR count). The van der Waals surface area contributed by atoms with Crippen LogP contribution >= 0.6 is 11.8 Å². The van der Waals surface area contributed by atoms with E-state index in [9.17, 15) is 0 Å². The molecule has 0 spiro atoms. The van der Waals surface area contributed by atoms with E-state index in [4.69, 9.17) is 4.42 Å². The van der Waals surface area contributed by atoms with Crippen molar-refractivity contribution in [2.75, 3.05) is 12.4 Å². The van der Waals surface area contributed by atoms with E-state index in [1.807, 2.05) is 13.1 Å². The highest BCUT2D eigenvalue weighted by molar-refractivity contribution is 7.99. The maximum Gasteiger partial charge on any atom is 0.282 e. The predicted molar refractivity (Wildman–Crippen MR) is 73.4 cm³/mol. The summed E-state index contributed by atoms with van der Waals surface area (Å²) in [6.45, 7) is 7.99. The molecule has 0 aliphatic carbocycles. The third kappa shape index (κ3) is 3.44. The highest BCUT2D eigenvalue weighted by Gasteiger charge is 2.20. The smallest absolute Gasteiger partial charge is 0.282 e. The van der Waals surface area contributed by atoms with Crippen LogP contribution in [0.4, 0.5) is 5.82 Å². The molecule has 0 atom stereocenters. The highest BCUT2D eigenvalue weighted by atomic mass is 32.2. The van der Waals surface area contributed by atoms with Crippen LogP contribution in [-0.2, 0) is 5.41 Å². The molecule has 0 saturated heterocycles. The van der Waals surface area contributed by atoms with Gasteiger partial charge in [-0.2, -0.15) is 0 Å². The quantitative estimate of drug-likeness (QED) is 0.865. The Kier molecular flexibility index (Phi) is 3.75. The van der Waals surface area contributed by atoms with Gasteiger partial charge >= 0.3 is 0 Å². The first kappa shape index (κ1) is 13.8. The molecule has 7 heteroatoms. The molecule has 2 aromatic heterocycles. The summed E-state index contributed by atoms with van der Waals surface area (Å²) in [4.78, 5) is 9.01. The second kappa shape index (κ2) is 5.16. The summed E-state index contributed by atoms with van der Waals surface area (Å²) < 4.78 is 5.35. The summed E-state index contributed by atoms with van der Waals surface area (Å²) in [6.07, 6.45) is 0. The molecule has 0 radical (unpaired) electrons. The number of hydrogen-bond donors (Lipinski definition) is 1. The van der Waals surface area contributed by atoms with Gasteiger partial charge in [-0.1, -0.05) is 20.8 Å². The van der Waals surface area contributed by atoms with Crippen molar-refractivity contribution in [1.82, 2.24) is 20.2 Å². The minimum absolute atomic E-state index is 0.118. The Bertz CT molecular complexity index is 576. The molecule has 0 unspecified atom stereocenters. The summed E-state index contributed by atoms with van der Waals surface area (Å²) in [6, 6.07) is 1.86. The number of aryl methyl sites for hydroxylation is 1. The minimum atomic E-state index is -0.118. The number of hydrogen-bond acceptors (Lipinski definition) is 7. The molecular weight excluding hydrogens is 262 g/mol. The maximum absolute atomic E-state index is 5.35. The van der Waals surface area contributed by atoms with Gasteiger partial charge in [-0.05, 0) is 11.8 Å². The number of nitrogens with one attached hydrogen (secondary N) is 1. The third-order valence-electron chi connectivity index (χ3n) is 2.33. The largest absolute Gasteiger partial charge is 0.416 e. The van der Waals surface area contributed by atoms with Crippen molar-refractivity contribution in [2.45, 2.75) is 43.4 Å². The summed E-state index contributed by atoms with van der Waals surface area (Å²) in [5.41, 5.74) is -0.118. The van der Waals surface area contributed by atoms with E-state index in [1.54, 1.807) is 6.92 Å². The molecule has 1 N–H and O–H groups in total. The first-order valence-corrected chi connectivity index (χ1v) is 6.75. The first-order valence-electron chi connectivity index (χ1n) is 5.94. The molecule has 19 heavy (non-hydrogen) atoms. The second-order valence-electron chi connectivity index (χ2n) is 5.10. The van der Waals surface area contributed by atoms with Crippen molar-refractivity contribution in [3.63, 3.8) is 0 Å². The molecule has 0 saturated carbocycles. The van der Waals surface area contributed by atoms with Crippen molar-refractivity contribution >= 4 is 17.6 Å². The fourth-order valence-electron chi connectivity index (χ4n) is 1.35. The topological polar surface area (TPSA) is 76.7 Å². The van der Waals surface area contributed by atoms with Crippen LogP contribution in [0, 0.1) is 6.92 Å². The highest BCUT2D eigenvalue weighted by Crippen LogP contribution is 2.28. The van der Waals surface area contributed by atoms with E-state index in [1.165, 1.54) is 11.8 Å². The third-order valence-corrected chi connectivity index (χ3v) is 3.09. The van der Waals surface area contributed by atoms with Gasteiger partial charge in [-0.3, -0.25) is 0 Å². The molecule has 0 bridgehead atoms. The van der Waals surface area contributed by atoms with Crippen molar-refractivity contribution in [3.05, 3.63) is 17.8 Å².